The Morgan fingerprint density at radius 1 is 1.15 bits per heavy atom. The van der Waals surface area contributed by atoms with Crippen LogP contribution in [-0.2, 0) is 0 Å². The van der Waals surface area contributed by atoms with Crippen LogP contribution < -0.4 is 0 Å². The van der Waals surface area contributed by atoms with Gasteiger partial charge in [0.1, 0.15) is 0 Å². The summed E-state index contributed by atoms with van der Waals surface area (Å²) in [5.74, 6) is 0. The Bertz CT molecular complexity index is 404. The summed E-state index contributed by atoms with van der Waals surface area (Å²) in [5, 5.41) is 0. The number of rotatable bonds is 2. The maximum absolute atomic E-state index is 3.95. The van der Waals surface area contributed by atoms with E-state index in [0.717, 1.165) is 11.1 Å². The molecule has 1 aromatic rings. The quantitative estimate of drug-likeness (QED) is 0.617. The van der Waals surface area contributed by atoms with Crippen LogP contribution in [0.2, 0.25) is 0 Å². The summed E-state index contributed by atoms with van der Waals surface area (Å²) < 4.78 is 0. The van der Waals surface area contributed by atoms with Crippen LogP contribution in [-0.4, -0.2) is 4.98 Å². The second-order valence-electron chi connectivity index (χ2n) is 2.74. The first-order valence-corrected chi connectivity index (χ1v) is 4.17. The average Bonchev–Trinajstić information content (AvgIpc) is 2.69. The fraction of sp³-hybridized carbons (Fsp3) is 0. The monoisotopic (exact) mass is 167 g/mol. The van der Waals surface area contributed by atoms with Crippen LogP contribution in [0.3, 0.4) is 0 Å². The van der Waals surface area contributed by atoms with Gasteiger partial charge < -0.3 is 0 Å². The Kier molecular flexibility index (Phi) is 2.22. The molecule has 1 nitrogen and oxygen atoms in total. The number of hydrogen-bond acceptors (Lipinski definition) is 1. The van der Waals surface area contributed by atoms with E-state index >= 15 is 0 Å². The molecule has 13 heavy (non-hydrogen) atoms. The maximum Gasteiger partial charge on any atom is 0.0273 e. The molecule has 0 fully saturated rings. The third-order valence-electron chi connectivity index (χ3n) is 1.78. The molecule has 1 aliphatic rings. The molecule has 0 radical (unpaired) electrons. The molecule has 0 aromatic carbocycles. The lowest BCUT2D eigenvalue weighted by atomic mass is 10.2. The fourth-order valence-corrected chi connectivity index (χ4v) is 1.11. The van der Waals surface area contributed by atoms with Crippen LogP contribution in [0.4, 0.5) is 0 Å². The summed E-state index contributed by atoms with van der Waals surface area (Å²) >= 11 is 0. The fourth-order valence-electron chi connectivity index (χ4n) is 1.11. The van der Waals surface area contributed by atoms with Gasteiger partial charge in [0.05, 0.1) is 0 Å². The summed E-state index contributed by atoms with van der Waals surface area (Å²) in [7, 11) is 0. The van der Waals surface area contributed by atoms with Crippen molar-refractivity contribution in [1.29, 1.82) is 0 Å². The van der Waals surface area contributed by atoms with Crippen LogP contribution in [0.5, 0.6) is 0 Å². The van der Waals surface area contributed by atoms with Crippen molar-refractivity contribution < 1.29 is 0 Å². The molecule has 2 rings (SSSR count). The molecule has 0 aliphatic heterocycles. The highest BCUT2D eigenvalue weighted by molar-refractivity contribution is 5.55. The van der Waals surface area contributed by atoms with Gasteiger partial charge in [-0.05, 0) is 35.9 Å². The first-order chi connectivity index (χ1) is 6.45. The second kappa shape index (κ2) is 3.70. The molecule has 0 N–H and O–H groups in total. The van der Waals surface area contributed by atoms with E-state index in [4.69, 9.17) is 0 Å². The second-order valence-corrected chi connectivity index (χ2v) is 2.74. The molecular weight excluding hydrogens is 158 g/mol. The summed E-state index contributed by atoms with van der Waals surface area (Å²) in [4.78, 5) is 3.95. The summed E-state index contributed by atoms with van der Waals surface area (Å²) in [5.41, 5.74) is 5.37. The van der Waals surface area contributed by atoms with E-state index in [-0.39, 0.29) is 0 Å². The van der Waals surface area contributed by atoms with Crippen molar-refractivity contribution >= 4 is 6.08 Å². The molecule has 0 bridgehead atoms. The Hall–Kier alpha value is -1.85. The van der Waals surface area contributed by atoms with Gasteiger partial charge in [0.15, 0.2) is 0 Å². The van der Waals surface area contributed by atoms with Gasteiger partial charge in [-0.1, -0.05) is 12.2 Å². The first kappa shape index (κ1) is 7.78. The average molecular weight is 167 g/mol. The highest BCUT2D eigenvalue weighted by Gasteiger charge is 1.87. The Labute approximate surface area is 77.4 Å². The zero-order chi connectivity index (χ0) is 8.93. The number of pyridine rings is 1. The van der Waals surface area contributed by atoms with Gasteiger partial charge in [0, 0.05) is 18.0 Å². The lowest BCUT2D eigenvalue weighted by Gasteiger charge is -1.89. The first-order valence-electron chi connectivity index (χ1n) is 4.17. The summed E-state index contributed by atoms with van der Waals surface area (Å²) in [6, 6.07) is 3.94. The predicted molar refractivity (Wildman–Crippen MR) is 54.0 cm³/mol. The number of nitrogens with zero attached hydrogens (tertiary/aromatic N) is 1. The minimum absolute atomic E-state index is 1.11. The van der Waals surface area contributed by atoms with Gasteiger partial charge in [0.2, 0.25) is 0 Å². The smallest absolute Gasteiger partial charge is 0.0273 e. The third kappa shape index (κ3) is 2.05. The highest BCUT2D eigenvalue weighted by Crippen LogP contribution is 2.07. The molecule has 1 heterocycles. The lowest BCUT2D eigenvalue weighted by Crippen LogP contribution is -1.72. The van der Waals surface area contributed by atoms with E-state index in [1.807, 2.05) is 42.5 Å². The van der Waals surface area contributed by atoms with Crippen molar-refractivity contribution in [2.24, 2.45) is 0 Å². The molecule has 0 atom stereocenters. The predicted octanol–water partition coefficient (Wildman–Crippen LogP) is 2.75. The topological polar surface area (TPSA) is 12.9 Å². The minimum Gasteiger partial charge on any atom is -0.265 e. The van der Waals surface area contributed by atoms with E-state index in [0.29, 0.717) is 0 Å². The summed E-state index contributed by atoms with van der Waals surface area (Å²) in [6.07, 6.45) is 13.6. The van der Waals surface area contributed by atoms with Crippen molar-refractivity contribution in [2.75, 3.05) is 0 Å². The number of allylic oxidation sites excluding steroid dienone is 4. The number of hydrogen-bond donors (Lipinski definition) is 0. The third-order valence-corrected chi connectivity index (χ3v) is 1.78. The zero-order valence-corrected chi connectivity index (χ0v) is 7.14. The van der Waals surface area contributed by atoms with E-state index in [2.05, 4.69) is 10.7 Å². The molecule has 0 amide bonds. The SMILES string of the molecule is C1=CC=CC=1/C=C/c1ccncc1. The van der Waals surface area contributed by atoms with Crippen LogP contribution in [0, 0.1) is 0 Å². The maximum atomic E-state index is 3.95. The lowest BCUT2D eigenvalue weighted by molar-refractivity contribution is 1.32. The van der Waals surface area contributed by atoms with E-state index < -0.39 is 0 Å². The van der Waals surface area contributed by atoms with Crippen molar-refractivity contribution in [1.82, 2.24) is 4.98 Å². The standard InChI is InChI=1S/C12H9N/c1-2-4-11(3-1)5-6-12-7-9-13-10-8-12/h1-3,5-10H/b6-5+. The zero-order valence-electron chi connectivity index (χ0n) is 7.14. The normalized spacial score (nSPS) is 14.0. The van der Waals surface area contributed by atoms with Crippen LogP contribution in [0.25, 0.3) is 6.08 Å². The van der Waals surface area contributed by atoms with Gasteiger partial charge in [0.25, 0.3) is 0 Å². The largest absolute Gasteiger partial charge is 0.265 e. The van der Waals surface area contributed by atoms with Crippen LogP contribution in [0.1, 0.15) is 5.56 Å². The van der Waals surface area contributed by atoms with Crippen LogP contribution in [0.15, 0.2) is 60.1 Å². The van der Waals surface area contributed by atoms with Gasteiger partial charge in [-0.25, -0.2) is 0 Å². The molecule has 0 saturated carbocycles. The molecule has 1 heteroatoms. The molecule has 62 valence electrons. The van der Waals surface area contributed by atoms with Crippen molar-refractivity contribution in [2.45, 2.75) is 0 Å². The molecule has 1 aromatic heterocycles. The number of aromatic nitrogens is 1. The molecule has 0 unspecified atom stereocenters. The van der Waals surface area contributed by atoms with Gasteiger partial charge in [-0.2, -0.15) is 0 Å². The Morgan fingerprint density at radius 3 is 2.69 bits per heavy atom. The van der Waals surface area contributed by atoms with Crippen LogP contribution >= 0.6 is 0 Å². The summed E-state index contributed by atoms with van der Waals surface area (Å²) in [6.45, 7) is 0. The molecule has 0 spiro atoms. The van der Waals surface area contributed by atoms with E-state index in [1.165, 1.54) is 0 Å². The van der Waals surface area contributed by atoms with Gasteiger partial charge in [-0.15, -0.1) is 5.73 Å². The van der Waals surface area contributed by atoms with Crippen molar-refractivity contribution in [3.63, 3.8) is 0 Å². The van der Waals surface area contributed by atoms with Crippen molar-refractivity contribution in [3.05, 3.63) is 65.7 Å². The van der Waals surface area contributed by atoms with E-state index in [9.17, 15) is 0 Å². The van der Waals surface area contributed by atoms with Gasteiger partial charge >= 0.3 is 0 Å². The van der Waals surface area contributed by atoms with Gasteiger partial charge in [-0.3, -0.25) is 4.98 Å². The minimum atomic E-state index is 1.11. The Balaban J connectivity index is 2.15. The molecule has 1 aliphatic carbocycles. The molecular formula is C12H9N. The highest BCUT2D eigenvalue weighted by atomic mass is 14.6. The Morgan fingerprint density at radius 2 is 2.00 bits per heavy atom. The van der Waals surface area contributed by atoms with E-state index in [1.54, 1.807) is 12.4 Å². The molecule has 0 saturated heterocycles. The van der Waals surface area contributed by atoms with Crippen molar-refractivity contribution in [3.8, 4) is 0 Å².